The molecule has 8 heteroatoms. The van der Waals surface area contributed by atoms with Crippen molar-refractivity contribution >= 4 is 38.9 Å². The molecular formula is C18H25ClN2O4S. The van der Waals surface area contributed by atoms with Crippen molar-refractivity contribution in [3.63, 3.8) is 0 Å². The smallest absolute Gasteiger partial charge is 0.256 e. The normalized spacial score (nSPS) is 20.7. The first-order valence-corrected chi connectivity index (χ1v) is 11.1. The van der Waals surface area contributed by atoms with Gasteiger partial charge in [0.1, 0.15) is 9.84 Å². The van der Waals surface area contributed by atoms with E-state index in [0.29, 0.717) is 16.3 Å². The molecule has 2 unspecified atom stereocenters. The Balaban J connectivity index is 2.24. The van der Waals surface area contributed by atoms with Crippen LogP contribution in [0, 0.1) is 0 Å². The molecule has 0 spiro atoms. The van der Waals surface area contributed by atoms with Gasteiger partial charge in [0.2, 0.25) is 5.91 Å². The van der Waals surface area contributed by atoms with Gasteiger partial charge in [0.25, 0.3) is 5.91 Å². The summed E-state index contributed by atoms with van der Waals surface area (Å²) in [4.78, 5) is 27.0. The summed E-state index contributed by atoms with van der Waals surface area (Å²) in [6.07, 6.45) is 3.87. The molecule has 2 atom stereocenters. The summed E-state index contributed by atoms with van der Waals surface area (Å²) < 4.78 is 22.5. The number of anilines is 1. The minimum absolute atomic E-state index is 0.110. The van der Waals surface area contributed by atoms with Crippen molar-refractivity contribution in [2.75, 3.05) is 17.3 Å². The molecule has 1 fully saturated rings. The lowest BCUT2D eigenvalue weighted by molar-refractivity contribution is -0.115. The van der Waals surface area contributed by atoms with Crippen LogP contribution in [0.1, 0.15) is 49.9 Å². The van der Waals surface area contributed by atoms with E-state index in [0.717, 1.165) is 25.5 Å². The summed E-state index contributed by atoms with van der Waals surface area (Å²) >= 11 is 6.07. The van der Waals surface area contributed by atoms with E-state index in [4.69, 9.17) is 11.6 Å². The first-order valence-electron chi connectivity index (χ1n) is 8.68. The standard InChI is InChI=1S/C18H25ClN2O4S/c1-12-5-4-6-13(2)21(12)18(23)15-11-14(19)7-8-16(15)20-17(22)9-10-26(3,24)25/h7-8,11-13H,4-6,9-10H2,1-3H3,(H,20,22). The Bertz CT molecular complexity index is 784. The molecule has 1 aliphatic rings. The summed E-state index contributed by atoms with van der Waals surface area (Å²) in [5.74, 6) is -0.868. The van der Waals surface area contributed by atoms with E-state index >= 15 is 0 Å². The lowest BCUT2D eigenvalue weighted by Gasteiger charge is -2.39. The van der Waals surface area contributed by atoms with Crippen LogP contribution in [-0.4, -0.2) is 49.2 Å². The Morgan fingerprint density at radius 1 is 1.23 bits per heavy atom. The SMILES string of the molecule is CC1CCCC(C)N1C(=O)c1cc(Cl)ccc1NC(=O)CCS(C)(=O)=O. The van der Waals surface area contributed by atoms with Gasteiger partial charge in [-0.15, -0.1) is 0 Å². The van der Waals surface area contributed by atoms with Crippen LogP contribution < -0.4 is 5.32 Å². The number of carbonyl (C=O) groups excluding carboxylic acids is 2. The molecule has 1 aromatic rings. The molecule has 2 rings (SSSR count). The zero-order chi connectivity index (χ0) is 19.5. The van der Waals surface area contributed by atoms with Gasteiger partial charge in [-0.3, -0.25) is 9.59 Å². The average Bonchev–Trinajstić information content (AvgIpc) is 2.53. The van der Waals surface area contributed by atoms with E-state index in [-0.39, 0.29) is 30.2 Å². The Labute approximate surface area is 159 Å². The molecular weight excluding hydrogens is 376 g/mol. The monoisotopic (exact) mass is 400 g/mol. The summed E-state index contributed by atoms with van der Waals surface area (Å²) in [5, 5.41) is 3.05. The van der Waals surface area contributed by atoms with E-state index < -0.39 is 15.7 Å². The zero-order valence-corrected chi connectivity index (χ0v) is 16.9. The first-order chi connectivity index (χ1) is 12.1. The van der Waals surface area contributed by atoms with Crippen molar-refractivity contribution in [2.45, 2.75) is 51.6 Å². The van der Waals surface area contributed by atoms with Crippen molar-refractivity contribution < 1.29 is 18.0 Å². The van der Waals surface area contributed by atoms with Crippen LogP contribution in [0.3, 0.4) is 0 Å². The molecule has 1 heterocycles. The quantitative estimate of drug-likeness (QED) is 0.823. The third kappa shape index (κ3) is 5.45. The van der Waals surface area contributed by atoms with Crippen LogP contribution in [0.15, 0.2) is 18.2 Å². The molecule has 6 nitrogen and oxygen atoms in total. The average molecular weight is 401 g/mol. The number of hydrogen-bond acceptors (Lipinski definition) is 4. The van der Waals surface area contributed by atoms with Crippen molar-refractivity contribution in [1.29, 1.82) is 0 Å². The summed E-state index contributed by atoms with van der Waals surface area (Å²) in [6, 6.07) is 4.93. The van der Waals surface area contributed by atoms with Gasteiger partial charge >= 0.3 is 0 Å². The first kappa shape index (κ1) is 20.7. The highest BCUT2D eigenvalue weighted by Gasteiger charge is 2.31. The zero-order valence-electron chi connectivity index (χ0n) is 15.3. The van der Waals surface area contributed by atoms with E-state index in [9.17, 15) is 18.0 Å². The van der Waals surface area contributed by atoms with Crippen LogP contribution in [0.4, 0.5) is 5.69 Å². The lowest BCUT2D eigenvalue weighted by atomic mass is 9.96. The van der Waals surface area contributed by atoms with Crippen LogP contribution in [-0.2, 0) is 14.6 Å². The number of piperidine rings is 1. The predicted molar refractivity (Wildman–Crippen MR) is 103 cm³/mol. The maximum atomic E-state index is 13.1. The second-order valence-electron chi connectivity index (χ2n) is 6.96. The fourth-order valence-electron chi connectivity index (χ4n) is 3.25. The summed E-state index contributed by atoms with van der Waals surface area (Å²) in [7, 11) is -3.23. The van der Waals surface area contributed by atoms with Gasteiger partial charge in [-0.25, -0.2) is 8.42 Å². The van der Waals surface area contributed by atoms with Crippen molar-refractivity contribution in [3.8, 4) is 0 Å². The topological polar surface area (TPSA) is 83.6 Å². The highest BCUT2D eigenvalue weighted by Crippen LogP contribution is 2.28. The number of hydrogen-bond donors (Lipinski definition) is 1. The number of nitrogens with one attached hydrogen (secondary N) is 1. The number of halogens is 1. The lowest BCUT2D eigenvalue weighted by Crippen LogP contribution is -2.47. The fraction of sp³-hybridized carbons (Fsp3) is 0.556. The Hall–Kier alpha value is -1.60. The highest BCUT2D eigenvalue weighted by molar-refractivity contribution is 7.90. The minimum atomic E-state index is -3.23. The summed E-state index contributed by atoms with van der Waals surface area (Å²) in [6.45, 7) is 4.03. The Morgan fingerprint density at radius 2 is 1.85 bits per heavy atom. The molecule has 0 saturated carbocycles. The number of nitrogens with zero attached hydrogens (tertiary/aromatic N) is 1. The van der Waals surface area contributed by atoms with E-state index in [1.165, 1.54) is 0 Å². The molecule has 26 heavy (non-hydrogen) atoms. The molecule has 2 amide bonds. The molecule has 1 N–H and O–H groups in total. The van der Waals surface area contributed by atoms with Crippen LogP contribution in [0.25, 0.3) is 0 Å². The molecule has 0 aliphatic carbocycles. The second-order valence-corrected chi connectivity index (χ2v) is 9.66. The fourth-order valence-corrected chi connectivity index (χ4v) is 3.98. The van der Waals surface area contributed by atoms with Crippen LogP contribution >= 0.6 is 11.6 Å². The van der Waals surface area contributed by atoms with Gasteiger partial charge < -0.3 is 10.2 Å². The third-order valence-corrected chi connectivity index (χ3v) is 5.79. The predicted octanol–water partition coefficient (Wildman–Crippen LogP) is 3.12. The molecule has 1 aliphatic heterocycles. The molecule has 1 saturated heterocycles. The number of carbonyl (C=O) groups is 2. The molecule has 1 aromatic carbocycles. The number of sulfone groups is 1. The number of rotatable bonds is 5. The number of amides is 2. The van der Waals surface area contributed by atoms with Gasteiger partial charge in [-0.2, -0.15) is 0 Å². The van der Waals surface area contributed by atoms with E-state index in [1.807, 2.05) is 18.7 Å². The van der Waals surface area contributed by atoms with E-state index in [2.05, 4.69) is 5.32 Å². The van der Waals surface area contributed by atoms with Crippen molar-refractivity contribution in [3.05, 3.63) is 28.8 Å². The van der Waals surface area contributed by atoms with Gasteiger partial charge in [-0.1, -0.05) is 11.6 Å². The largest absolute Gasteiger partial charge is 0.333 e. The van der Waals surface area contributed by atoms with E-state index in [1.54, 1.807) is 18.2 Å². The third-order valence-electron chi connectivity index (χ3n) is 4.61. The Morgan fingerprint density at radius 3 is 2.42 bits per heavy atom. The van der Waals surface area contributed by atoms with Crippen molar-refractivity contribution in [1.82, 2.24) is 4.90 Å². The number of benzene rings is 1. The summed E-state index contributed by atoms with van der Waals surface area (Å²) in [5.41, 5.74) is 0.675. The Kier molecular flexibility index (Phi) is 6.69. The highest BCUT2D eigenvalue weighted by atomic mass is 35.5. The van der Waals surface area contributed by atoms with Gasteiger partial charge in [-0.05, 0) is 51.3 Å². The van der Waals surface area contributed by atoms with Crippen LogP contribution in [0.2, 0.25) is 5.02 Å². The maximum absolute atomic E-state index is 13.1. The molecule has 144 valence electrons. The second kappa shape index (κ2) is 8.39. The van der Waals surface area contributed by atoms with Crippen molar-refractivity contribution in [2.24, 2.45) is 0 Å². The van der Waals surface area contributed by atoms with Gasteiger partial charge in [0, 0.05) is 29.8 Å². The molecule has 0 bridgehead atoms. The van der Waals surface area contributed by atoms with Gasteiger partial charge in [0.15, 0.2) is 0 Å². The van der Waals surface area contributed by atoms with Crippen LogP contribution in [0.5, 0.6) is 0 Å². The van der Waals surface area contributed by atoms with Gasteiger partial charge in [0.05, 0.1) is 17.0 Å². The maximum Gasteiger partial charge on any atom is 0.256 e. The minimum Gasteiger partial charge on any atom is -0.333 e. The molecule has 0 aromatic heterocycles. The number of likely N-dealkylation sites (tertiary alicyclic amines) is 1. The molecule has 0 radical (unpaired) electrons.